The van der Waals surface area contributed by atoms with E-state index < -0.39 is 11.9 Å². The molecule has 0 N–H and O–H groups in total. The molecule has 3 heterocycles. The maximum Gasteiger partial charge on any atom is 0.433 e. The Morgan fingerprint density at radius 1 is 0.964 bits per heavy atom. The number of hydrogen-bond acceptors (Lipinski definition) is 5. The Morgan fingerprint density at radius 3 is 2.50 bits per heavy atom. The largest absolute Gasteiger partial charge is 0.433 e. The van der Waals surface area contributed by atoms with Crippen molar-refractivity contribution in [2.45, 2.75) is 12.7 Å². The third-order valence-corrected chi connectivity index (χ3v) is 4.80. The van der Waals surface area contributed by atoms with Gasteiger partial charge < -0.3 is 4.90 Å². The van der Waals surface area contributed by atoms with E-state index in [1.54, 1.807) is 6.07 Å². The molecule has 0 aliphatic carbocycles. The van der Waals surface area contributed by atoms with Crippen molar-refractivity contribution in [3.05, 3.63) is 59.9 Å². The molecule has 28 heavy (non-hydrogen) atoms. The molecule has 0 unspecified atom stereocenters. The van der Waals surface area contributed by atoms with Crippen LogP contribution >= 0.6 is 0 Å². The SMILES string of the molecule is Fc1ccc2c(N3CCN(Cc4cccnc4C(F)(F)F)CC3)ncnc2c1. The van der Waals surface area contributed by atoms with Gasteiger partial charge in [0.2, 0.25) is 0 Å². The van der Waals surface area contributed by atoms with Gasteiger partial charge in [0.05, 0.1) is 5.52 Å². The highest BCUT2D eigenvalue weighted by atomic mass is 19.4. The van der Waals surface area contributed by atoms with Crippen LogP contribution in [0.1, 0.15) is 11.3 Å². The standard InChI is InChI=1S/C19H17F4N5/c20-14-3-4-15-16(10-14)25-12-26-18(15)28-8-6-27(7-9-28)11-13-2-1-5-24-17(13)19(21,22)23/h1-5,10,12H,6-9,11H2. The predicted octanol–water partition coefficient (Wildman–Crippen LogP) is 3.50. The van der Waals surface area contributed by atoms with Crippen LogP contribution in [0.15, 0.2) is 42.9 Å². The van der Waals surface area contributed by atoms with Gasteiger partial charge >= 0.3 is 6.18 Å². The first-order valence-electron chi connectivity index (χ1n) is 8.80. The quantitative estimate of drug-likeness (QED) is 0.640. The summed E-state index contributed by atoms with van der Waals surface area (Å²) in [7, 11) is 0. The van der Waals surface area contributed by atoms with E-state index in [9.17, 15) is 17.6 Å². The second kappa shape index (κ2) is 7.31. The van der Waals surface area contributed by atoms with Gasteiger partial charge in [0.25, 0.3) is 0 Å². The maximum absolute atomic E-state index is 13.4. The minimum Gasteiger partial charge on any atom is -0.353 e. The number of pyridine rings is 1. The molecular formula is C19H17F4N5. The molecule has 1 aromatic carbocycles. The molecule has 0 bridgehead atoms. The lowest BCUT2D eigenvalue weighted by Crippen LogP contribution is -2.46. The molecule has 2 aromatic heterocycles. The first-order chi connectivity index (χ1) is 13.4. The van der Waals surface area contributed by atoms with E-state index in [1.807, 2.05) is 9.80 Å². The number of nitrogens with zero attached hydrogens (tertiary/aromatic N) is 5. The Bertz CT molecular complexity index is 983. The smallest absolute Gasteiger partial charge is 0.353 e. The van der Waals surface area contributed by atoms with Crippen molar-refractivity contribution in [2.24, 2.45) is 0 Å². The van der Waals surface area contributed by atoms with Crippen LogP contribution in [0.2, 0.25) is 0 Å². The number of benzene rings is 1. The molecule has 1 saturated heterocycles. The summed E-state index contributed by atoms with van der Waals surface area (Å²) in [6.45, 7) is 2.56. The summed E-state index contributed by atoms with van der Waals surface area (Å²) in [4.78, 5) is 16.0. The van der Waals surface area contributed by atoms with Gasteiger partial charge in [-0.3, -0.25) is 9.88 Å². The Morgan fingerprint density at radius 2 is 1.75 bits per heavy atom. The summed E-state index contributed by atoms with van der Waals surface area (Å²) in [6.07, 6.45) is -1.91. The Hall–Kier alpha value is -2.81. The predicted molar refractivity (Wildman–Crippen MR) is 96.2 cm³/mol. The number of aromatic nitrogens is 3. The molecule has 0 amide bonds. The number of fused-ring (bicyclic) bond motifs is 1. The minimum atomic E-state index is -4.46. The summed E-state index contributed by atoms with van der Waals surface area (Å²) in [5.74, 6) is 0.348. The Labute approximate surface area is 158 Å². The van der Waals surface area contributed by atoms with Crippen molar-refractivity contribution in [1.82, 2.24) is 19.9 Å². The summed E-state index contributed by atoms with van der Waals surface area (Å²) in [5, 5.41) is 0.754. The molecule has 4 rings (SSSR count). The van der Waals surface area contributed by atoms with Gasteiger partial charge in [0.1, 0.15) is 23.7 Å². The molecule has 146 valence electrons. The zero-order valence-corrected chi connectivity index (χ0v) is 14.8. The number of alkyl halides is 3. The molecule has 1 aliphatic heterocycles. The van der Waals surface area contributed by atoms with Gasteiger partial charge in [-0.15, -0.1) is 0 Å². The van der Waals surface area contributed by atoms with Crippen LogP contribution in [0.4, 0.5) is 23.4 Å². The lowest BCUT2D eigenvalue weighted by molar-refractivity contribution is -0.142. The van der Waals surface area contributed by atoms with Crippen LogP contribution in [0.25, 0.3) is 10.9 Å². The van der Waals surface area contributed by atoms with Crippen LogP contribution in [-0.2, 0) is 12.7 Å². The fourth-order valence-electron chi connectivity index (χ4n) is 3.45. The molecule has 0 atom stereocenters. The van der Waals surface area contributed by atoms with Crippen molar-refractivity contribution in [1.29, 1.82) is 0 Å². The van der Waals surface area contributed by atoms with E-state index in [0.29, 0.717) is 37.5 Å². The number of halogens is 4. The lowest BCUT2D eigenvalue weighted by Gasteiger charge is -2.36. The summed E-state index contributed by atoms with van der Waals surface area (Å²) in [5.41, 5.74) is -0.134. The van der Waals surface area contributed by atoms with Crippen molar-refractivity contribution in [3.8, 4) is 0 Å². The average molecular weight is 391 g/mol. The van der Waals surface area contributed by atoms with Crippen LogP contribution in [0.3, 0.4) is 0 Å². The van der Waals surface area contributed by atoms with Gasteiger partial charge in [-0.05, 0) is 23.8 Å². The normalized spacial score (nSPS) is 15.9. The highest BCUT2D eigenvalue weighted by Gasteiger charge is 2.35. The van der Waals surface area contributed by atoms with Gasteiger partial charge in [-0.25, -0.2) is 14.4 Å². The fraction of sp³-hybridized carbons (Fsp3) is 0.316. The number of piperazine rings is 1. The molecule has 1 aliphatic rings. The van der Waals surface area contributed by atoms with E-state index in [-0.39, 0.29) is 17.9 Å². The van der Waals surface area contributed by atoms with Gasteiger partial charge in [0, 0.05) is 50.4 Å². The van der Waals surface area contributed by atoms with Gasteiger partial charge in [0.15, 0.2) is 0 Å². The molecule has 0 spiro atoms. The summed E-state index contributed by atoms with van der Waals surface area (Å²) < 4.78 is 52.8. The van der Waals surface area contributed by atoms with Crippen molar-refractivity contribution in [3.63, 3.8) is 0 Å². The number of anilines is 1. The zero-order chi connectivity index (χ0) is 19.7. The molecule has 5 nitrogen and oxygen atoms in total. The molecule has 3 aromatic rings. The zero-order valence-electron chi connectivity index (χ0n) is 14.8. The molecule has 1 fully saturated rings. The third kappa shape index (κ3) is 3.75. The Balaban J connectivity index is 1.48. The van der Waals surface area contributed by atoms with E-state index >= 15 is 0 Å². The Kier molecular flexibility index (Phi) is 4.84. The lowest BCUT2D eigenvalue weighted by atomic mass is 10.1. The fourth-order valence-corrected chi connectivity index (χ4v) is 3.45. The first-order valence-corrected chi connectivity index (χ1v) is 8.80. The second-order valence-corrected chi connectivity index (χ2v) is 6.63. The molecule has 0 radical (unpaired) electrons. The van der Waals surface area contributed by atoms with Crippen LogP contribution in [-0.4, -0.2) is 46.0 Å². The van der Waals surface area contributed by atoms with E-state index in [2.05, 4.69) is 15.0 Å². The third-order valence-electron chi connectivity index (χ3n) is 4.80. The highest BCUT2D eigenvalue weighted by molar-refractivity contribution is 5.89. The van der Waals surface area contributed by atoms with Crippen molar-refractivity contribution in [2.75, 3.05) is 31.1 Å². The van der Waals surface area contributed by atoms with E-state index in [0.717, 1.165) is 11.6 Å². The number of hydrogen-bond donors (Lipinski definition) is 0. The van der Waals surface area contributed by atoms with E-state index in [1.165, 1.54) is 30.6 Å². The molecule has 9 heteroatoms. The summed E-state index contributed by atoms with van der Waals surface area (Å²) >= 11 is 0. The van der Waals surface area contributed by atoms with Crippen LogP contribution in [0.5, 0.6) is 0 Å². The first kappa shape index (κ1) is 18.5. The highest BCUT2D eigenvalue weighted by Crippen LogP contribution is 2.31. The van der Waals surface area contributed by atoms with Crippen molar-refractivity contribution >= 4 is 16.7 Å². The van der Waals surface area contributed by atoms with Crippen LogP contribution < -0.4 is 4.90 Å². The number of rotatable bonds is 3. The van der Waals surface area contributed by atoms with E-state index in [4.69, 9.17) is 0 Å². The molecule has 0 saturated carbocycles. The summed E-state index contributed by atoms with van der Waals surface area (Å²) in [6, 6.07) is 7.36. The van der Waals surface area contributed by atoms with Crippen LogP contribution in [0, 0.1) is 5.82 Å². The average Bonchev–Trinajstić information content (AvgIpc) is 2.67. The van der Waals surface area contributed by atoms with Gasteiger partial charge in [-0.1, -0.05) is 6.07 Å². The minimum absolute atomic E-state index is 0.173. The second-order valence-electron chi connectivity index (χ2n) is 6.63. The van der Waals surface area contributed by atoms with Gasteiger partial charge in [-0.2, -0.15) is 13.2 Å². The van der Waals surface area contributed by atoms with Crippen molar-refractivity contribution < 1.29 is 17.6 Å². The molecular weight excluding hydrogens is 374 g/mol. The monoisotopic (exact) mass is 391 g/mol. The maximum atomic E-state index is 13.4. The topological polar surface area (TPSA) is 45.2 Å².